The summed E-state index contributed by atoms with van der Waals surface area (Å²) in [4.78, 5) is 24.3. The third kappa shape index (κ3) is 3.74. The van der Waals surface area contributed by atoms with Crippen molar-refractivity contribution in [3.63, 3.8) is 0 Å². The minimum absolute atomic E-state index is 0. The van der Waals surface area contributed by atoms with Crippen molar-refractivity contribution < 1.29 is 21.9 Å². The fourth-order valence-electron chi connectivity index (χ4n) is 0.806. The normalized spacial score (nSPS) is 7.47. The van der Waals surface area contributed by atoms with E-state index in [1.807, 2.05) is 0 Å². The number of rotatable bonds is 0. The number of nitrogens with one attached hydrogen (secondary N) is 1. The van der Waals surface area contributed by atoms with E-state index in [2.05, 4.69) is 19.9 Å². The van der Waals surface area contributed by atoms with Crippen LogP contribution in [0.1, 0.15) is 0 Å². The highest BCUT2D eigenvalue weighted by atomic mass is 16.1. The van der Waals surface area contributed by atoms with Crippen molar-refractivity contribution in [2.24, 2.45) is 0 Å². The standard InChI is InChI=1S/C6H4N4O.4H2O/c11-6-8-2-4-5(10-6)1-7-3-9-4;;;;/h1-3H,(H,8,10,11);4*1H2. The summed E-state index contributed by atoms with van der Waals surface area (Å²) < 4.78 is 0. The van der Waals surface area contributed by atoms with Gasteiger partial charge in [0.25, 0.3) is 0 Å². The fourth-order valence-corrected chi connectivity index (χ4v) is 0.806. The van der Waals surface area contributed by atoms with Gasteiger partial charge in [0, 0.05) is 0 Å². The Morgan fingerprint density at radius 2 is 1.67 bits per heavy atom. The Hall–Kier alpha value is -1.94. The Morgan fingerprint density at radius 3 is 2.33 bits per heavy atom. The summed E-state index contributed by atoms with van der Waals surface area (Å²) in [6.07, 6.45) is 4.35. The molecule has 0 aliphatic heterocycles. The summed E-state index contributed by atoms with van der Waals surface area (Å²) in [6, 6.07) is 0. The molecular formula is C6H12N4O5. The lowest BCUT2D eigenvalue weighted by Crippen LogP contribution is -2.08. The molecule has 2 aromatic heterocycles. The van der Waals surface area contributed by atoms with Crippen LogP contribution in [0.2, 0.25) is 0 Å². The predicted molar refractivity (Wildman–Crippen MR) is 52.4 cm³/mol. The highest BCUT2D eigenvalue weighted by molar-refractivity contribution is 5.70. The zero-order chi connectivity index (χ0) is 7.68. The molecule has 0 radical (unpaired) electrons. The van der Waals surface area contributed by atoms with Gasteiger partial charge in [-0.3, -0.25) is 0 Å². The third-order valence-corrected chi connectivity index (χ3v) is 1.29. The van der Waals surface area contributed by atoms with Crippen molar-refractivity contribution in [2.45, 2.75) is 0 Å². The molecule has 0 aliphatic carbocycles. The van der Waals surface area contributed by atoms with Crippen LogP contribution in [-0.2, 0) is 0 Å². The second kappa shape index (κ2) is 7.46. The van der Waals surface area contributed by atoms with Gasteiger partial charge in [0.2, 0.25) is 0 Å². The van der Waals surface area contributed by atoms with Crippen LogP contribution < -0.4 is 5.69 Å². The van der Waals surface area contributed by atoms with Crippen molar-refractivity contribution >= 4 is 11.0 Å². The molecule has 9 nitrogen and oxygen atoms in total. The highest BCUT2D eigenvalue weighted by Gasteiger charge is 1.92. The lowest BCUT2D eigenvalue weighted by molar-refractivity contribution is 0.823. The molecule has 15 heavy (non-hydrogen) atoms. The topological polar surface area (TPSA) is 198 Å². The molecule has 0 aliphatic rings. The second-order valence-corrected chi connectivity index (χ2v) is 2.01. The van der Waals surface area contributed by atoms with Gasteiger partial charge in [-0.05, 0) is 0 Å². The van der Waals surface area contributed by atoms with E-state index in [1.54, 1.807) is 0 Å². The van der Waals surface area contributed by atoms with Gasteiger partial charge in [-0.15, -0.1) is 0 Å². The molecular weight excluding hydrogens is 208 g/mol. The molecule has 0 spiro atoms. The van der Waals surface area contributed by atoms with Gasteiger partial charge in [-0.25, -0.2) is 14.8 Å². The number of hydrogen-bond donors (Lipinski definition) is 1. The van der Waals surface area contributed by atoms with E-state index in [-0.39, 0.29) is 27.6 Å². The van der Waals surface area contributed by atoms with E-state index >= 15 is 0 Å². The van der Waals surface area contributed by atoms with Crippen LogP contribution in [0.15, 0.2) is 23.5 Å². The molecule has 0 aromatic carbocycles. The molecule has 0 fully saturated rings. The molecule has 2 aromatic rings. The molecule has 2 rings (SSSR count). The second-order valence-electron chi connectivity index (χ2n) is 2.01. The quantitative estimate of drug-likeness (QED) is 0.478. The Kier molecular flexibility index (Phi) is 9.34. The maximum Gasteiger partial charge on any atom is 0.345 e. The third-order valence-electron chi connectivity index (χ3n) is 1.29. The number of aromatic nitrogens is 4. The SMILES string of the molecule is O.O.O.O.O=c1ncc2ncncc2[nH]1. The molecule has 9 heteroatoms. The lowest BCUT2D eigenvalue weighted by Gasteiger charge is -1.90. The summed E-state index contributed by atoms with van der Waals surface area (Å²) >= 11 is 0. The van der Waals surface area contributed by atoms with Gasteiger partial charge in [0.1, 0.15) is 11.8 Å². The number of nitrogens with zero attached hydrogens (tertiary/aromatic N) is 3. The van der Waals surface area contributed by atoms with Gasteiger partial charge in [0.05, 0.1) is 17.9 Å². The molecule has 9 N–H and O–H groups in total. The van der Waals surface area contributed by atoms with E-state index in [0.29, 0.717) is 11.0 Å². The molecule has 0 saturated heterocycles. The predicted octanol–water partition coefficient (Wildman–Crippen LogP) is -3.59. The highest BCUT2D eigenvalue weighted by Crippen LogP contribution is 1.98. The van der Waals surface area contributed by atoms with Gasteiger partial charge in [-0.1, -0.05) is 0 Å². The van der Waals surface area contributed by atoms with E-state index < -0.39 is 0 Å². The molecule has 0 bridgehead atoms. The van der Waals surface area contributed by atoms with E-state index in [4.69, 9.17) is 0 Å². The fraction of sp³-hybridized carbons (Fsp3) is 0. The largest absolute Gasteiger partial charge is 0.412 e. The van der Waals surface area contributed by atoms with Crippen LogP contribution in [-0.4, -0.2) is 41.8 Å². The first-order chi connectivity index (χ1) is 5.36. The first-order valence-corrected chi connectivity index (χ1v) is 3.01. The van der Waals surface area contributed by atoms with E-state index in [9.17, 15) is 4.79 Å². The monoisotopic (exact) mass is 220 g/mol. The zero-order valence-electron chi connectivity index (χ0n) is 7.48. The Balaban J connectivity index is -0.000000360. The molecule has 0 saturated carbocycles. The van der Waals surface area contributed by atoms with Gasteiger partial charge < -0.3 is 26.9 Å². The Bertz CT molecular complexity index is 444. The van der Waals surface area contributed by atoms with Gasteiger partial charge in [-0.2, -0.15) is 4.98 Å². The number of fused-ring (bicyclic) bond motifs is 1. The van der Waals surface area contributed by atoms with Crippen molar-refractivity contribution in [1.82, 2.24) is 19.9 Å². The van der Waals surface area contributed by atoms with Crippen LogP contribution >= 0.6 is 0 Å². The van der Waals surface area contributed by atoms with Crippen molar-refractivity contribution in [3.8, 4) is 0 Å². The zero-order valence-corrected chi connectivity index (χ0v) is 7.48. The van der Waals surface area contributed by atoms with Gasteiger partial charge >= 0.3 is 5.69 Å². The lowest BCUT2D eigenvalue weighted by atomic mass is 10.4. The average Bonchev–Trinajstić information content (AvgIpc) is 2.04. The summed E-state index contributed by atoms with van der Waals surface area (Å²) in [5.74, 6) is 0. The summed E-state index contributed by atoms with van der Waals surface area (Å²) in [7, 11) is 0. The summed E-state index contributed by atoms with van der Waals surface area (Å²) in [5, 5.41) is 0. The Morgan fingerprint density at radius 1 is 1.00 bits per heavy atom. The molecule has 0 atom stereocenters. The van der Waals surface area contributed by atoms with Crippen molar-refractivity contribution in [1.29, 1.82) is 0 Å². The maximum absolute atomic E-state index is 10.7. The number of aromatic amines is 1. The first kappa shape index (κ1) is 18.8. The summed E-state index contributed by atoms with van der Waals surface area (Å²) in [5.41, 5.74) is 0.861. The molecule has 0 amide bonds. The Labute approximate surface area is 83.1 Å². The molecule has 0 unspecified atom stereocenters. The smallest absolute Gasteiger partial charge is 0.345 e. The molecule has 86 valence electrons. The first-order valence-electron chi connectivity index (χ1n) is 3.01. The number of hydrogen-bond acceptors (Lipinski definition) is 4. The van der Waals surface area contributed by atoms with Gasteiger partial charge in [0.15, 0.2) is 0 Å². The minimum atomic E-state index is -0.382. The number of H-pyrrole nitrogens is 1. The van der Waals surface area contributed by atoms with E-state index in [0.717, 1.165) is 0 Å². The summed E-state index contributed by atoms with van der Waals surface area (Å²) in [6.45, 7) is 0. The maximum atomic E-state index is 10.7. The van der Waals surface area contributed by atoms with Crippen LogP contribution in [0, 0.1) is 0 Å². The van der Waals surface area contributed by atoms with Crippen LogP contribution in [0.25, 0.3) is 11.0 Å². The van der Waals surface area contributed by atoms with Crippen molar-refractivity contribution in [3.05, 3.63) is 29.2 Å². The minimum Gasteiger partial charge on any atom is -0.412 e. The van der Waals surface area contributed by atoms with Crippen LogP contribution in [0.4, 0.5) is 0 Å². The average molecular weight is 220 g/mol. The van der Waals surface area contributed by atoms with E-state index in [1.165, 1.54) is 18.7 Å². The molecule has 2 heterocycles. The van der Waals surface area contributed by atoms with Crippen LogP contribution in [0.5, 0.6) is 0 Å². The van der Waals surface area contributed by atoms with Crippen molar-refractivity contribution in [2.75, 3.05) is 0 Å². The van der Waals surface area contributed by atoms with Crippen LogP contribution in [0.3, 0.4) is 0 Å².